The molecule has 1 unspecified atom stereocenters. The summed E-state index contributed by atoms with van der Waals surface area (Å²) in [4.78, 5) is 10.6. The maximum atomic E-state index is 13.9. The molecule has 0 amide bonds. The van der Waals surface area contributed by atoms with E-state index < -0.39 is 50.7 Å². The van der Waals surface area contributed by atoms with E-state index in [-0.39, 0.29) is 27.2 Å². The molecule has 0 aliphatic rings. The number of hydrogen-bond donors (Lipinski definition) is 1. The highest BCUT2D eigenvalue weighted by atomic mass is 79.9. The normalized spacial score (nSPS) is 14.2. The molecular formula is C20H19BrClF4N3O4S. The van der Waals surface area contributed by atoms with Gasteiger partial charge in [-0.05, 0) is 54.9 Å². The minimum Gasteiger partial charge on any atom is -0.591 e. The fourth-order valence-electron chi connectivity index (χ4n) is 2.68. The van der Waals surface area contributed by atoms with Crippen molar-refractivity contribution < 1.29 is 31.8 Å². The molecule has 7 nitrogen and oxygen atoms in total. The average molecular weight is 589 g/mol. The number of nitrogens with one attached hydrogen (secondary N) is 1. The molecule has 0 saturated carbocycles. The summed E-state index contributed by atoms with van der Waals surface area (Å²) in [6.07, 6.45) is -4.02. The summed E-state index contributed by atoms with van der Waals surface area (Å²) in [5.74, 6) is -1.55. The first-order valence-electron chi connectivity index (χ1n) is 9.49. The van der Waals surface area contributed by atoms with Gasteiger partial charge in [0.15, 0.2) is 0 Å². The van der Waals surface area contributed by atoms with Gasteiger partial charge in [0.2, 0.25) is 0 Å². The van der Waals surface area contributed by atoms with Gasteiger partial charge < -0.3 is 14.6 Å². The van der Waals surface area contributed by atoms with E-state index in [4.69, 9.17) is 11.6 Å². The molecule has 0 saturated heterocycles. The second kappa shape index (κ2) is 11.1. The van der Waals surface area contributed by atoms with Gasteiger partial charge in [0.25, 0.3) is 5.69 Å². The Morgan fingerprint density at radius 3 is 2.53 bits per heavy atom. The molecule has 0 aliphatic carbocycles. The number of nitro benzene ring substituents is 1. The van der Waals surface area contributed by atoms with Crippen molar-refractivity contribution in [3.05, 3.63) is 61.3 Å². The highest BCUT2D eigenvalue weighted by Crippen LogP contribution is 2.40. The maximum Gasteiger partial charge on any atom is 0.573 e. The molecule has 34 heavy (non-hydrogen) atoms. The van der Waals surface area contributed by atoms with Crippen LogP contribution in [0.25, 0.3) is 0 Å². The van der Waals surface area contributed by atoms with Crippen molar-refractivity contribution in [1.29, 1.82) is 0 Å². The van der Waals surface area contributed by atoms with Crippen LogP contribution < -0.4 is 10.1 Å². The predicted octanol–water partition coefficient (Wildman–Crippen LogP) is 7.12. The van der Waals surface area contributed by atoms with Gasteiger partial charge in [0.05, 0.1) is 27.7 Å². The van der Waals surface area contributed by atoms with Gasteiger partial charge in [0.1, 0.15) is 33.4 Å². The van der Waals surface area contributed by atoms with E-state index in [1.165, 1.54) is 18.3 Å². The predicted molar refractivity (Wildman–Crippen MR) is 126 cm³/mol. The largest absolute Gasteiger partial charge is 0.591 e. The molecule has 14 heteroatoms. The number of alkyl halides is 3. The Labute approximate surface area is 209 Å². The second-order valence-corrected chi connectivity index (χ2v) is 11.0. The number of halogens is 6. The summed E-state index contributed by atoms with van der Waals surface area (Å²) < 4.78 is 72.4. The van der Waals surface area contributed by atoms with Crippen LogP contribution in [0.2, 0.25) is 5.02 Å². The molecule has 0 bridgehead atoms. The molecular weight excluding hydrogens is 570 g/mol. The second-order valence-electron chi connectivity index (χ2n) is 7.82. The fourth-order valence-corrected chi connectivity index (χ4v) is 3.86. The number of nitro groups is 1. The molecule has 1 N–H and O–H groups in total. The fraction of sp³-hybridized carbons (Fsp3) is 0.350. The third kappa shape index (κ3) is 7.72. The number of nitrogens with zero attached hydrogens (tertiary/aromatic N) is 2. The van der Waals surface area contributed by atoms with Crippen LogP contribution in [-0.4, -0.2) is 26.8 Å². The zero-order valence-corrected chi connectivity index (χ0v) is 21.1. The highest BCUT2D eigenvalue weighted by molar-refractivity contribution is 9.10. The van der Waals surface area contributed by atoms with E-state index in [0.29, 0.717) is 6.07 Å². The van der Waals surface area contributed by atoms with Crippen molar-refractivity contribution in [2.75, 3.05) is 5.32 Å². The third-order valence-corrected chi connectivity index (χ3v) is 6.51. The van der Waals surface area contributed by atoms with Gasteiger partial charge >= 0.3 is 6.36 Å². The van der Waals surface area contributed by atoms with Gasteiger partial charge in [-0.3, -0.25) is 10.1 Å². The molecule has 0 radical (unpaired) electrons. The van der Waals surface area contributed by atoms with Crippen LogP contribution in [0.4, 0.5) is 28.9 Å². The Morgan fingerprint density at radius 1 is 1.32 bits per heavy atom. The van der Waals surface area contributed by atoms with Gasteiger partial charge in [-0.15, -0.1) is 13.2 Å². The number of rotatable bonds is 8. The van der Waals surface area contributed by atoms with Gasteiger partial charge in [-0.1, -0.05) is 22.1 Å². The van der Waals surface area contributed by atoms with Crippen molar-refractivity contribution in [1.82, 2.24) is 0 Å². The number of benzene rings is 2. The molecule has 0 spiro atoms. The van der Waals surface area contributed by atoms with Gasteiger partial charge in [-0.25, -0.2) is 4.39 Å². The topological polar surface area (TPSA) is 99.8 Å². The minimum absolute atomic E-state index is 0.118. The van der Waals surface area contributed by atoms with Gasteiger partial charge in [-0.2, -0.15) is 0 Å². The smallest absolute Gasteiger partial charge is 0.573 e. The van der Waals surface area contributed by atoms with E-state index in [1.54, 1.807) is 20.8 Å². The Hall–Kier alpha value is -2.09. The first-order valence-corrected chi connectivity index (χ1v) is 11.8. The van der Waals surface area contributed by atoms with Crippen LogP contribution in [0.15, 0.2) is 39.2 Å². The van der Waals surface area contributed by atoms with Crippen LogP contribution in [-0.2, 0) is 11.4 Å². The lowest BCUT2D eigenvalue weighted by atomic mass is 10.0. The minimum atomic E-state index is -5.04. The lowest BCUT2D eigenvalue weighted by Gasteiger charge is -2.23. The van der Waals surface area contributed by atoms with Crippen molar-refractivity contribution in [2.45, 2.75) is 44.3 Å². The maximum absolute atomic E-state index is 13.9. The van der Waals surface area contributed by atoms with Crippen LogP contribution in [0.1, 0.15) is 38.8 Å². The first kappa shape index (κ1) is 28.1. The lowest BCUT2D eigenvalue weighted by Crippen LogP contribution is -2.26. The van der Waals surface area contributed by atoms with E-state index >= 15 is 0 Å². The highest BCUT2D eigenvalue weighted by Gasteiger charge is 2.34. The van der Waals surface area contributed by atoms with Crippen molar-refractivity contribution in [2.24, 2.45) is 4.40 Å². The third-order valence-electron chi connectivity index (χ3n) is 4.19. The number of ether oxygens (including phenoxy) is 1. The summed E-state index contributed by atoms with van der Waals surface area (Å²) in [6.45, 7) is 5.04. The zero-order valence-electron chi connectivity index (χ0n) is 18.0. The van der Waals surface area contributed by atoms with Crippen LogP contribution in [0.5, 0.6) is 5.75 Å². The van der Waals surface area contributed by atoms with Crippen molar-refractivity contribution in [3.8, 4) is 5.75 Å². The summed E-state index contributed by atoms with van der Waals surface area (Å²) in [7, 11) is 0. The Bertz CT molecular complexity index is 1080. The molecule has 186 valence electrons. The molecule has 0 heterocycles. The molecule has 0 aliphatic heterocycles. The molecule has 2 aromatic carbocycles. The van der Waals surface area contributed by atoms with Crippen molar-refractivity contribution in [3.63, 3.8) is 0 Å². The summed E-state index contributed by atoms with van der Waals surface area (Å²) >= 11 is 7.46. The monoisotopic (exact) mass is 587 g/mol. The van der Waals surface area contributed by atoms with Crippen LogP contribution in [0.3, 0.4) is 0 Å². The van der Waals surface area contributed by atoms with E-state index in [2.05, 4.69) is 30.4 Å². The Morgan fingerprint density at radius 2 is 1.97 bits per heavy atom. The zero-order chi connectivity index (χ0) is 25.8. The van der Waals surface area contributed by atoms with Crippen molar-refractivity contribution >= 4 is 56.5 Å². The van der Waals surface area contributed by atoms with Crippen LogP contribution in [0, 0.1) is 15.9 Å². The van der Waals surface area contributed by atoms with E-state index in [1.807, 2.05) is 0 Å². The SMILES string of the molecule is CC(C)(C)[S@@+]([O-])N=CCC(Nc1cc(Br)c(F)cc1[N+](=O)[O-])c1c(Cl)cccc1OC(F)(F)F. The number of anilines is 1. The van der Waals surface area contributed by atoms with E-state index in [0.717, 1.165) is 12.1 Å². The van der Waals surface area contributed by atoms with Gasteiger partial charge in [0, 0.05) is 17.0 Å². The molecule has 2 atom stereocenters. The Balaban J connectivity index is 2.59. The standard InChI is InChI=1S/C20H19BrClF4N3O4S/c1-19(2,3)34(32)27-8-7-14(18-12(22)5-4-6-17(18)33-20(24,25)26)28-15-9-11(21)13(23)10-16(15)29(30)31/h4-6,8-10,14,28H,7H2,1-3H3/t14?,34-/m1/s1. The lowest BCUT2D eigenvalue weighted by molar-refractivity contribution is -0.384. The Kier molecular flexibility index (Phi) is 9.19. The van der Waals surface area contributed by atoms with E-state index in [9.17, 15) is 32.2 Å². The molecule has 2 aromatic rings. The molecule has 0 aromatic heterocycles. The summed E-state index contributed by atoms with van der Waals surface area (Å²) in [5.41, 5.74) is -1.04. The molecule has 0 fully saturated rings. The first-order chi connectivity index (χ1) is 15.6. The summed E-state index contributed by atoms with van der Waals surface area (Å²) in [5, 5.41) is 14.1. The van der Waals surface area contributed by atoms with Crippen LogP contribution >= 0.6 is 27.5 Å². The quantitative estimate of drug-likeness (QED) is 0.116. The summed E-state index contributed by atoms with van der Waals surface area (Å²) in [6, 6.07) is 4.15. The molecule has 2 rings (SSSR count). The average Bonchev–Trinajstić information content (AvgIpc) is 2.67. The number of hydrogen-bond acceptors (Lipinski definition) is 6.